The Kier molecular flexibility index (Phi) is 7.72. The van der Waals surface area contributed by atoms with E-state index in [1.54, 1.807) is 0 Å². The minimum atomic E-state index is -0.484. The molecule has 2 aromatic carbocycles. The Morgan fingerprint density at radius 3 is 2.72 bits per heavy atom. The van der Waals surface area contributed by atoms with Crippen molar-refractivity contribution >= 4 is 5.91 Å². The fourth-order valence-electron chi connectivity index (χ4n) is 3.80. The molecule has 1 unspecified atom stereocenters. The highest BCUT2D eigenvalue weighted by molar-refractivity contribution is 5.76. The number of carbonyl (C=O) groups is 1. The van der Waals surface area contributed by atoms with E-state index in [2.05, 4.69) is 46.4 Å². The average molecular weight is 402 g/mol. The van der Waals surface area contributed by atoms with Crippen LogP contribution in [0.2, 0.25) is 0 Å². The standard InChI is InChI=1S/C23H29F2N3O/c1-27-14-15-28(22(17-27)18-6-3-2-4-7-18)13-5-12-26-23(29)11-8-19-16-20(24)9-10-21(19)25/h2-4,6-7,9-10,16,22H,5,8,11-15,17H2,1H3,(H,26,29). The number of nitrogens with zero attached hydrogens (tertiary/aromatic N) is 2. The lowest BCUT2D eigenvalue weighted by Crippen LogP contribution is -2.47. The Balaban J connectivity index is 1.42. The lowest BCUT2D eigenvalue weighted by atomic mass is 10.0. The Hall–Kier alpha value is -2.31. The highest BCUT2D eigenvalue weighted by atomic mass is 19.1. The number of hydrogen-bond acceptors (Lipinski definition) is 3. The van der Waals surface area contributed by atoms with E-state index in [0.717, 1.165) is 50.8 Å². The largest absolute Gasteiger partial charge is 0.356 e. The molecule has 1 aliphatic rings. The number of aryl methyl sites for hydroxylation is 1. The highest BCUT2D eigenvalue weighted by Crippen LogP contribution is 2.24. The van der Waals surface area contributed by atoms with Crippen LogP contribution in [-0.4, -0.2) is 55.5 Å². The molecule has 6 heteroatoms. The number of piperazine rings is 1. The Labute approximate surface area is 171 Å². The van der Waals surface area contributed by atoms with Crippen molar-refractivity contribution in [3.05, 3.63) is 71.3 Å². The maximum Gasteiger partial charge on any atom is 0.220 e. The molecule has 0 bridgehead atoms. The van der Waals surface area contributed by atoms with Gasteiger partial charge in [0, 0.05) is 45.2 Å². The number of halogens is 2. The summed E-state index contributed by atoms with van der Waals surface area (Å²) in [5.41, 5.74) is 1.56. The van der Waals surface area contributed by atoms with Crippen molar-refractivity contribution in [3.8, 4) is 0 Å². The number of likely N-dealkylation sites (N-methyl/N-ethyl adjacent to an activating group) is 1. The molecule has 1 heterocycles. The summed E-state index contributed by atoms with van der Waals surface area (Å²) in [7, 11) is 2.15. The van der Waals surface area contributed by atoms with Gasteiger partial charge in [-0.3, -0.25) is 9.69 Å². The molecule has 29 heavy (non-hydrogen) atoms. The van der Waals surface area contributed by atoms with E-state index in [1.807, 2.05) is 6.07 Å². The van der Waals surface area contributed by atoms with Crippen molar-refractivity contribution in [1.29, 1.82) is 0 Å². The van der Waals surface area contributed by atoms with Gasteiger partial charge in [-0.1, -0.05) is 30.3 Å². The maximum atomic E-state index is 13.6. The summed E-state index contributed by atoms with van der Waals surface area (Å²) in [6, 6.07) is 14.2. The fourth-order valence-corrected chi connectivity index (χ4v) is 3.80. The second-order valence-corrected chi connectivity index (χ2v) is 7.66. The third-order valence-electron chi connectivity index (χ3n) is 5.45. The quantitative estimate of drug-likeness (QED) is 0.689. The van der Waals surface area contributed by atoms with Gasteiger partial charge in [0.15, 0.2) is 0 Å². The Morgan fingerprint density at radius 2 is 1.93 bits per heavy atom. The minimum absolute atomic E-state index is 0.133. The van der Waals surface area contributed by atoms with Gasteiger partial charge in [-0.15, -0.1) is 0 Å². The highest BCUT2D eigenvalue weighted by Gasteiger charge is 2.25. The summed E-state index contributed by atoms with van der Waals surface area (Å²) in [6.45, 7) is 4.53. The molecule has 1 aliphatic heterocycles. The first-order valence-electron chi connectivity index (χ1n) is 10.2. The van der Waals surface area contributed by atoms with Gasteiger partial charge in [-0.25, -0.2) is 8.78 Å². The van der Waals surface area contributed by atoms with E-state index in [4.69, 9.17) is 0 Å². The second-order valence-electron chi connectivity index (χ2n) is 7.66. The molecule has 0 saturated carbocycles. The van der Waals surface area contributed by atoms with E-state index in [9.17, 15) is 13.6 Å². The van der Waals surface area contributed by atoms with Crippen molar-refractivity contribution in [3.63, 3.8) is 0 Å². The Bertz CT molecular complexity index is 800. The number of amides is 1. The lowest BCUT2D eigenvalue weighted by Gasteiger charge is -2.40. The molecule has 2 aromatic rings. The van der Waals surface area contributed by atoms with E-state index < -0.39 is 11.6 Å². The van der Waals surface area contributed by atoms with E-state index in [-0.39, 0.29) is 24.3 Å². The minimum Gasteiger partial charge on any atom is -0.356 e. The summed E-state index contributed by atoms with van der Waals surface area (Å²) in [6.07, 6.45) is 1.21. The van der Waals surface area contributed by atoms with Gasteiger partial charge >= 0.3 is 0 Å². The predicted octanol–water partition coefficient (Wildman–Crippen LogP) is 3.39. The number of nitrogens with one attached hydrogen (secondary N) is 1. The average Bonchev–Trinajstić information content (AvgIpc) is 2.73. The molecule has 3 rings (SSSR count). The summed E-state index contributed by atoms with van der Waals surface area (Å²) < 4.78 is 26.8. The number of benzene rings is 2. The molecular formula is C23H29F2N3O. The van der Waals surface area contributed by atoms with Crippen LogP contribution in [0.25, 0.3) is 0 Å². The number of carbonyl (C=O) groups excluding carboxylic acids is 1. The number of rotatable bonds is 8. The van der Waals surface area contributed by atoms with Gasteiger partial charge < -0.3 is 10.2 Å². The van der Waals surface area contributed by atoms with Crippen LogP contribution >= 0.6 is 0 Å². The predicted molar refractivity (Wildman–Crippen MR) is 111 cm³/mol. The molecule has 0 spiro atoms. The first-order chi connectivity index (χ1) is 14.0. The van der Waals surface area contributed by atoms with Crippen LogP contribution in [0.1, 0.15) is 30.0 Å². The third kappa shape index (κ3) is 6.34. The normalized spacial score (nSPS) is 18.0. The van der Waals surface area contributed by atoms with Crippen LogP contribution in [-0.2, 0) is 11.2 Å². The van der Waals surface area contributed by atoms with Gasteiger partial charge in [0.05, 0.1) is 0 Å². The molecule has 4 nitrogen and oxygen atoms in total. The molecule has 0 aliphatic carbocycles. The van der Waals surface area contributed by atoms with Crippen LogP contribution in [0, 0.1) is 11.6 Å². The molecule has 1 atom stereocenters. The van der Waals surface area contributed by atoms with Crippen LogP contribution in [0.15, 0.2) is 48.5 Å². The van der Waals surface area contributed by atoms with Crippen molar-refractivity contribution in [2.24, 2.45) is 0 Å². The van der Waals surface area contributed by atoms with Gasteiger partial charge in [0.2, 0.25) is 5.91 Å². The zero-order valence-electron chi connectivity index (χ0n) is 16.9. The summed E-state index contributed by atoms with van der Waals surface area (Å²) >= 11 is 0. The van der Waals surface area contributed by atoms with E-state index in [1.165, 1.54) is 5.56 Å². The summed E-state index contributed by atoms with van der Waals surface area (Å²) in [5, 5.41) is 2.90. The first kappa shape index (κ1) is 21.4. The van der Waals surface area contributed by atoms with Crippen LogP contribution in [0.5, 0.6) is 0 Å². The van der Waals surface area contributed by atoms with Crippen LogP contribution < -0.4 is 5.32 Å². The smallest absolute Gasteiger partial charge is 0.220 e. The summed E-state index contributed by atoms with van der Waals surface area (Å²) in [5.74, 6) is -1.09. The fraction of sp³-hybridized carbons (Fsp3) is 0.435. The monoisotopic (exact) mass is 401 g/mol. The lowest BCUT2D eigenvalue weighted by molar-refractivity contribution is -0.121. The molecule has 1 fully saturated rings. The van der Waals surface area contributed by atoms with Crippen LogP contribution in [0.3, 0.4) is 0 Å². The SMILES string of the molecule is CN1CCN(CCCNC(=O)CCc2cc(F)ccc2F)C(c2ccccc2)C1. The first-order valence-corrected chi connectivity index (χ1v) is 10.2. The molecule has 0 radical (unpaired) electrons. The molecule has 1 saturated heterocycles. The van der Waals surface area contributed by atoms with Crippen molar-refractivity contribution < 1.29 is 13.6 Å². The van der Waals surface area contributed by atoms with Crippen LogP contribution in [0.4, 0.5) is 8.78 Å². The van der Waals surface area contributed by atoms with Gasteiger partial charge in [-0.2, -0.15) is 0 Å². The zero-order valence-corrected chi connectivity index (χ0v) is 16.9. The van der Waals surface area contributed by atoms with E-state index >= 15 is 0 Å². The van der Waals surface area contributed by atoms with Crippen molar-refractivity contribution in [2.75, 3.05) is 39.8 Å². The van der Waals surface area contributed by atoms with Gasteiger partial charge in [0.25, 0.3) is 0 Å². The Morgan fingerprint density at radius 1 is 1.14 bits per heavy atom. The molecule has 1 amide bonds. The molecular weight excluding hydrogens is 372 g/mol. The summed E-state index contributed by atoms with van der Waals surface area (Å²) in [4.78, 5) is 16.9. The number of hydrogen-bond donors (Lipinski definition) is 1. The zero-order chi connectivity index (χ0) is 20.6. The molecule has 156 valence electrons. The molecule has 0 aromatic heterocycles. The maximum absolute atomic E-state index is 13.6. The van der Waals surface area contributed by atoms with Gasteiger partial charge in [-0.05, 0) is 49.2 Å². The molecule has 1 N–H and O–H groups in total. The van der Waals surface area contributed by atoms with Crippen molar-refractivity contribution in [1.82, 2.24) is 15.1 Å². The van der Waals surface area contributed by atoms with Crippen molar-refractivity contribution in [2.45, 2.75) is 25.3 Å². The third-order valence-corrected chi connectivity index (χ3v) is 5.45. The van der Waals surface area contributed by atoms with E-state index in [0.29, 0.717) is 12.6 Å². The topological polar surface area (TPSA) is 35.6 Å². The second kappa shape index (κ2) is 10.5. The van der Waals surface area contributed by atoms with Gasteiger partial charge in [0.1, 0.15) is 11.6 Å².